The number of anilines is 2. The Morgan fingerprint density at radius 3 is 2.25 bits per heavy atom. The fraction of sp³-hybridized carbons (Fsp3) is 0.533. The van der Waals surface area contributed by atoms with Crippen LogP contribution in [0.3, 0.4) is 0 Å². The van der Waals surface area contributed by atoms with Gasteiger partial charge in [-0.05, 0) is 67.9 Å². The molecule has 2 aliphatic heterocycles. The normalized spacial score (nSPS) is 20.4. The Balaban J connectivity index is 0.00000130. The lowest BCUT2D eigenvalue weighted by Crippen LogP contribution is -2.34. The number of nitrogens with zero attached hydrogens (tertiary/aromatic N) is 4. The highest BCUT2D eigenvalue weighted by Crippen LogP contribution is 2.42. The van der Waals surface area contributed by atoms with E-state index in [9.17, 15) is 0 Å². The van der Waals surface area contributed by atoms with Gasteiger partial charge in [0, 0.05) is 50.3 Å². The third-order valence-electron chi connectivity index (χ3n) is 7.84. The number of benzene rings is 2. The summed E-state index contributed by atoms with van der Waals surface area (Å²) in [5.74, 6) is 4.22. The molecule has 3 aromatic rings. The van der Waals surface area contributed by atoms with Crippen LogP contribution in [0.25, 0.3) is 10.9 Å². The van der Waals surface area contributed by atoms with Gasteiger partial charge in [-0.25, -0.2) is 9.97 Å². The molecule has 1 aromatic heterocycles. The van der Waals surface area contributed by atoms with Crippen LogP contribution in [0.2, 0.25) is 0 Å². The Labute approximate surface area is 215 Å². The monoisotopic (exact) mass is 488 g/mol. The van der Waals surface area contributed by atoms with Crippen molar-refractivity contribution in [3.63, 3.8) is 0 Å². The molecule has 2 aromatic carbocycles. The van der Waals surface area contributed by atoms with Gasteiger partial charge in [-0.3, -0.25) is 0 Å². The van der Waals surface area contributed by atoms with E-state index in [0.717, 1.165) is 68.3 Å². The third kappa shape index (κ3) is 5.01. The standard InChI is InChI=1S/C28H34N4O2.C2H6/c1-33-22-13-16-32(18-22)21-9-10-25-24(17-21)28(30-27(29-25)20-7-8-20)31-14-11-19(12-15-31)23-5-3-4-6-26(23)34-2;1-2/h3-6,9-10,17,19-20,22H,7-8,11-16,18H2,1-2H3;1-2H3. The van der Waals surface area contributed by atoms with E-state index >= 15 is 0 Å². The van der Waals surface area contributed by atoms with E-state index in [-0.39, 0.29) is 0 Å². The molecule has 6 nitrogen and oxygen atoms in total. The largest absolute Gasteiger partial charge is 0.496 e. The first-order valence-electron chi connectivity index (χ1n) is 13.7. The molecule has 1 atom stereocenters. The summed E-state index contributed by atoms with van der Waals surface area (Å²) in [7, 11) is 3.59. The number of fused-ring (bicyclic) bond motifs is 1. The van der Waals surface area contributed by atoms with E-state index in [1.165, 1.54) is 29.5 Å². The smallest absolute Gasteiger partial charge is 0.140 e. The summed E-state index contributed by atoms with van der Waals surface area (Å²) in [4.78, 5) is 15.1. The van der Waals surface area contributed by atoms with Crippen LogP contribution in [-0.2, 0) is 4.74 Å². The van der Waals surface area contributed by atoms with Crippen molar-refractivity contribution < 1.29 is 9.47 Å². The average molecular weight is 489 g/mol. The highest BCUT2D eigenvalue weighted by molar-refractivity contribution is 5.92. The minimum Gasteiger partial charge on any atom is -0.496 e. The fourth-order valence-electron chi connectivity index (χ4n) is 5.64. The van der Waals surface area contributed by atoms with Gasteiger partial charge in [0.25, 0.3) is 0 Å². The van der Waals surface area contributed by atoms with Crippen molar-refractivity contribution in [2.24, 2.45) is 0 Å². The topological polar surface area (TPSA) is 50.7 Å². The molecule has 0 amide bonds. The van der Waals surface area contributed by atoms with Crippen molar-refractivity contribution in [3.8, 4) is 5.75 Å². The molecule has 6 rings (SSSR count). The summed E-state index contributed by atoms with van der Waals surface area (Å²) in [5.41, 5.74) is 3.66. The quantitative estimate of drug-likeness (QED) is 0.415. The molecule has 6 heteroatoms. The number of aromatic nitrogens is 2. The SMILES string of the molecule is CC.COc1ccccc1C1CCN(c2nc(C3CC3)nc3ccc(N4CCC(OC)C4)cc23)CC1. The van der Waals surface area contributed by atoms with Crippen molar-refractivity contribution in [1.29, 1.82) is 0 Å². The Morgan fingerprint density at radius 2 is 1.56 bits per heavy atom. The van der Waals surface area contributed by atoms with Gasteiger partial charge in [0.05, 0.1) is 18.7 Å². The van der Waals surface area contributed by atoms with Gasteiger partial charge in [-0.15, -0.1) is 0 Å². The van der Waals surface area contributed by atoms with Gasteiger partial charge < -0.3 is 19.3 Å². The number of rotatable bonds is 6. The molecule has 1 unspecified atom stereocenters. The lowest BCUT2D eigenvalue weighted by molar-refractivity contribution is 0.121. The zero-order valence-corrected chi connectivity index (χ0v) is 22.2. The molecular weight excluding hydrogens is 448 g/mol. The Hall–Kier alpha value is -2.86. The summed E-state index contributed by atoms with van der Waals surface area (Å²) in [6.07, 6.45) is 6.03. The predicted molar refractivity (Wildman–Crippen MR) is 148 cm³/mol. The van der Waals surface area contributed by atoms with Crippen molar-refractivity contribution in [2.75, 3.05) is 50.2 Å². The molecule has 3 aliphatic rings. The Bertz CT molecular complexity index is 1170. The van der Waals surface area contributed by atoms with Gasteiger partial charge in [-0.1, -0.05) is 32.0 Å². The zero-order chi connectivity index (χ0) is 25.1. The maximum absolute atomic E-state index is 5.65. The molecule has 192 valence electrons. The summed E-state index contributed by atoms with van der Waals surface area (Å²) in [6, 6.07) is 15.2. The fourth-order valence-corrected chi connectivity index (χ4v) is 5.64. The van der Waals surface area contributed by atoms with Crippen LogP contribution in [-0.4, -0.2) is 56.5 Å². The minimum atomic E-state index is 0.317. The molecule has 0 radical (unpaired) electrons. The van der Waals surface area contributed by atoms with Crippen LogP contribution in [0.15, 0.2) is 42.5 Å². The van der Waals surface area contributed by atoms with Crippen LogP contribution < -0.4 is 14.5 Å². The van der Waals surface area contributed by atoms with Crippen molar-refractivity contribution >= 4 is 22.4 Å². The molecule has 36 heavy (non-hydrogen) atoms. The second-order valence-corrected chi connectivity index (χ2v) is 9.98. The lowest BCUT2D eigenvalue weighted by Gasteiger charge is -2.34. The van der Waals surface area contributed by atoms with Crippen molar-refractivity contribution in [3.05, 3.63) is 53.9 Å². The maximum atomic E-state index is 5.65. The molecule has 1 aliphatic carbocycles. The van der Waals surface area contributed by atoms with Gasteiger partial charge in [-0.2, -0.15) is 0 Å². The summed E-state index contributed by atoms with van der Waals surface area (Å²) in [5, 5.41) is 1.18. The number of hydrogen-bond donors (Lipinski definition) is 0. The number of hydrogen-bond acceptors (Lipinski definition) is 6. The van der Waals surface area contributed by atoms with Crippen LogP contribution >= 0.6 is 0 Å². The molecule has 3 heterocycles. The first-order valence-corrected chi connectivity index (χ1v) is 13.7. The molecular formula is C30H40N4O2. The van der Waals surface area contributed by atoms with E-state index in [4.69, 9.17) is 19.4 Å². The third-order valence-corrected chi connectivity index (χ3v) is 7.84. The molecule has 3 fully saturated rings. The highest BCUT2D eigenvalue weighted by Gasteiger charge is 2.30. The first kappa shape index (κ1) is 24.8. The van der Waals surface area contributed by atoms with E-state index in [2.05, 4.69) is 52.3 Å². The maximum Gasteiger partial charge on any atom is 0.140 e. The Morgan fingerprint density at radius 1 is 0.806 bits per heavy atom. The summed E-state index contributed by atoms with van der Waals surface area (Å²) >= 11 is 0. The molecule has 0 bridgehead atoms. The average Bonchev–Trinajstić information content (AvgIpc) is 3.70. The number of ether oxygens (including phenoxy) is 2. The van der Waals surface area contributed by atoms with Gasteiger partial charge in [0.2, 0.25) is 0 Å². The second kappa shape index (κ2) is 11.0. The zero-order valence-electron chi connectivity index (χ0n) is 22.2. The van der Waals surface area contributed by atoms with Crippen molar-refractivity contribution in [2.45, 2.75) is 63.9 Å². The van der Waals surface area contributed by atoms with Gasteiger partial charge in [0.15, 0.2) is 0 Å². The van der Waals surface area contributed by atoms with Gasteiger partial charge in [0.1, 0.15) is 17.4 Å². The number of piperidine rings is 1. The van der Waals surface area contributed by atoms with Crippen molar-refractivity contribution in [1.82, 2.24) is 9.97 Å². The Kier molecular flexibility index (Phi) is 7.61. The van der Waals surface area contributed by atoms with Crippen LogP contribution in [0.4, 0.5) is 11.5 Å². The highest BCUT2D eigenvalue weighted by atomic mass is 16.5. The summed E-state index contributed by atoms with van der Waals surface area (Å²) in [6.45, 7) is 7.98. The van der Waals surface area contributed by atoms with E-state index in [0.29, 0.717) is 17.9 Å². The van der Waals surface area contributed by atoms with Crippen LogP contribution in [0.5, 0.6) is 5.75 Å². The van der Waals surface area contributed by atoms with E-state index in [1.54, 1.807) is 7.11 Å². The lowest BCUT2D eigenvalue weighted by atomic mass is 9.88. The predicted octanol–water partition coefficient (Wildman–Crippen LogP) is 6.15. The second-order valence-electron chi connectivity index (χ2n) is 9.98. The number of methoxy groups -OCH3 is 2. The number of para-hydroxylation sites is 1. The molecule has 1 saturated carbocycles. The first-order chi connectivity index (χ1) is 17.7. The molecule has 2 saturated heterocycles. The van der Waals surface area contributed by atoms with E-state index in [1.807, 2.05) is 21.0 Å². The minimum absolute atomic E-state index is 0.317. The molecule has 0 N–H and O–H groups in total. The van der Waals surface area contributed by atoms with Crippen LogP contribution in [0, 0.1) is 0 Å². The summed E-state index contributed by atoms with van der Waals surface area (Å²) < 4.78 is 11.2. The van der Waals surface area contributed by atoms with Gasteiger partial charge >= 0.3 is 0 Å². The van der Waals surface area contributed by atoms with Crippen LogP contribution in [0.1, 0.15) is 69.2 Å². The molecule has 0 spiro atoms. The van der Waals surface area contributed by atoms with E-state index < -0.39 is 0 Å².